The van der Waals surface area contributed by atoms with E-state index < -0.39 is 41.9 Å². The van der Waals surface area contributed by atoms with Crippen molar-refractivity contribution in [1.82, 2.24) is 9.55 Å². The number of alkyl halides is 3. The summed E-state index contributed by atoms with van der Waals surface area (Å²) in [5, 5.41) is 2.78. The van der Waals surface area contributed by atoms with Crippen molar-refractivity contribution in [2.45, 2.75) is 38.2 Å². The Morgan fingerprint density at radius 3 is 2.37 bits per heavy atom. The molecule has 11 heteroatoms. The van der Waals surface area contributed by atoms with E-state index in [9.17, 15) is 27.6 Å². The summed E-state index contributed by atoms with van der Waals surface area (Å²) in [6.45, 7) is -0.519. The lowest BCUT2D eigenvalue weighted by molar-refractivity contribution is -0.137. The molecule has 0 fully saturated rings. The number of hydrogen-bond acceptors (Lipinski definition) is 5. The largest absolute Gasteiger partial charge is 0.444 e. The number of nitrogens with one attached hydrogen (secondary N) is 1. The molecule has 5 rings (SSSR count). The number of ether oxygens (including phenoxy) is 1. The maximum atomic E-state index is 13.8. The van der Waals surface area contributed by atoms with Crippen molar-refractivity contribution in [2.24, 2.45) is 0 Å². The number of fused-ring (bicyclic) bond motifs is 1. The average Bonchev–Trinajstić information content (AvgIpc) is 3.41. The van der Waals surface area contributed by atoms with Gasteiger partial charge in [0.05, 0.1) is 18.3 Å². The van der Waals surface area contributed by atoms with Gasteiger partial charge in [-0.2, -0.15) is 13.2 Å². The molecule has 1 aromatic heterocycles. The van der Waals surface area contributed by atoms with Crippen LogP contribution in [0.25, 0.3) is 0 Å². The summed E-state index contributed by atoms with van der Waals surface area (Å²) in [7, 11) is 0. The molecule has 41 heavy (non-hydrogen) atoms. The summed E-state index contributed by atoms with van der Waals surface area (Å²) < 4.78 is 46.8. The van der Waals surface area contributed by atoms with Crippen LogP contribution in [0.15, 0.2) is 95.9 Å². The molecule has 2 heterocycles. The number of nitrogens with zero attached hydrogens (tertiary/aromatic N) is 3. The lowest BCUT2D eigenvalue weighted by Gasteiger charge is -2.23. The Kier molecular flexibility index (Phi) is 7.86. The SMILES string of the molecule is O=C(Nc1ccccc1)[C@@H]1CCc2ncc(N(Cc3cccc(C(F)(F)F)c3)C(=O)OCc3ccccc3)c(=O)n21. The average molecular weight is 563 g/mol. The molecule has 2 amide bonds. The van der Waals surface area contributed by atoms with Crippen molar-refractivity contribution in [2.75, 3.05) is 10.2 Å². The maximum absolute atomic E-state index is 13.8. The molecular formula is C30H25F3N4O4. The number of amides is 2. The Labute approximate surface area is 233 Å². The monoisotopic (exact) mass is 562 g/mol. The number of carbonyl (C=O) groups excluding carboxylic acids is 2. The number of aromatic nitrogens is 2. The molecule has 0 spiro atoms. The van der Waals surface area contributed by atoms with E-state index in [2.05, 4.69) is 10.3 Å². The van der Waals surface area contributed by atoms with Gasteiger partial charge in [0.15, 0.2) is 0 Å². The van der Waals surface area contributed by atoms with Crippen LogP contribution in [0.5, 0.6) is 0 Å². The van der Waals surface area contributed by atoms with E-state index in [0.717, 1.165) is 17.0 Å². The summed E-state index contributed by atoms with van der Waals surface area (Å²) in [5.74, 6) is -0.0595. The van der Waals surface area contributed by atoms with E-state index in [4.69, 9.17) is 4.74 Å². The molecule has 0 saturated carbocycles. The molecule has 1 aliphatic heterocycles. The zero-order valence-corrected chi connectivity index (χ0v) is 21.7. The minimum Gasteiger partial charge on any atom is -0.444 e. The third kappa shape index (κ3) is 6.29. The van der Waals surface area contributed by atoms with Crippen LogP contribution in [-0.4, -0.2) is 21.6 Å². The predicted molar refractivity (Wildman–Crippen MR) is 145 cm³/mol. The third-order valence-electron chi connectivity index (χ3n) is 6.66. The number of para-hydroxylation sites is 1. The highest BCUT2D eigenvalue weighted by atomic mass is 19.4. The fourth-order valence-corrected chi connectivity index (χ4v) is 4.65. The molecule has 8 nitrogen and oxygen atoms in total. The van der Waals surface area contributed by atoms with Crippen LogP contribution in [0.4, 0.5) is 29.3 Å². The van der Waals surface area contributed by atoms with Crippen molar-refractivity contribution < 1.29 is 27.5 Å². The normalized spacial score (nSPS) is 14.3. The second-order valence-electron chi connectivity index (χ2n) is 9.47. The molecule has 210 valence electrons. The highest BCUT2D eigenvalue weighted by Crippen LogP contribution is 2.30. The van der Waals surface area contributed by atoms with Crippen LogP contribution in [0.2, 0.25) is 0 Å². The van der Waals surface area contributed by atoms with E-state index >= 15 is 0 Å². The summed E-state index contributed by atoms with van der Waals surface area (Å²) in [6, 6.07) is 21.1. The first-order chi connectivity index (χ1) is 19.7. The van der Waals surface area contributed by atoms with Crippen LogP contribution in [0.1, 0.15) is 35.0 Å². The van der Waals surface area contributed by atoms with Crippen molar-refractivity contribution in [3.05, 3.63) is 124 Å². The zero-order valence-electron chi connectivity index (χ0n) is 21.7. The van der Waals surface area contributed by atoms with Crippen LogP contribution in [0, 0.1) is 0 Å². The molecule has 1 aliphatic rings. The van der Waals surface area contributed by atoms with Gasteiger partial charge < -0.3 is 10.1 Å². The molecule has 0 bridgehead atoms. The molecule has 0 saturated heterocycles. The highest BCUT2D eigenvalue weighted by Gasteiger charge is 2.34. The number of rotatable bonds is 7. The van der Waals surface area contributed by atoms with E-state index in [1.54, 1.807) is 60.7 Å². The molecule has 1 atom stereocenters. The van der Waals surface area contributed by atoms with E-state index in [1.807, 2.05) is 0 Å². The van der Waals surface area contributed by atoms with Gasteiger partial charge in [0.25, 0.3) is 5.56 Å². The quantitative estimate of drug-likeness (QED) is 0.311. The fraction of sp³-hybridized carbons (Fsp3) is 0.200. The van der Waals surface area contributed by atoms with Crippen LogP contribution < -0.4 is 15.8 Å². The number of carbonyl (C=O) groups is 2. The van der Waals surface area contributed by atoms with Crippen LogP contribution >= 0.6 is 0 Å². The molecule has 1 N–H and O–H groups in total. The second-order valence-corrected chi connectivity index (χ2v) is 9.47. The van der Waals surface area contributed by atoms with Crippen molar-refractivity contribution in [3.8, 4) is 0 Å². The molecule has 0 unspecified atom stereocenters. The van der Waals surface area contributed by atoms with Crippen LogP contribution in [0.3, 0.4) is 0 Å². The van der Waals surface area contributed by atoms with Crippen LogP contribution in [-0.2, 0) is 35.3 Å². The lowest BCUT2D eigenvalue weighted by atomic mass is 10.1. The number of benzene rings is 3. The Balaban J connectivity index is 1.48. The standard InChI is InChI=1S/C30H25F3N4O4/c31-30(32,33)22-11-7-10-21(16-22)18-36(29(40)41-19-20-8-3-1-4-9-20)25-17-34-26-15-14-24(37(26)28(25)39)27(38)35-23-12-5-2-6-13-23/h1-13,16-17,24H,14-15,18-19H2,(H,35,38)/t24-/m0/s1. The Morgan fingerprint density at radius 2 is 1.66 bits per heavy atom. The van der Waals surface area contributed by atoms with Gasteiger partial charge in [-0.1, -0.05) is 60.7 Å². The van der Waals surface area contributed by atoms with Gasteiger partial charge in [-0.15, -0.1) is 0 Å². The van der Waals surface area contributed by atoms with Crippen molar-refractivity contribution in [1.29, 1.82) is 0 Å². The first-order valence-electron chi connectivity index (χ1n) is 12.8. The van der Waals surface area contributed by atoms with Gasteiger partial charge in [-0.25, -0.2) is 9.78 Å². The van der Waals surface area contributed by atoms with E-state index in [1.165, 1.54) is 22.9 Å². The topological polar surface area (TPSA) is 93.5 Å². The third-order valence-corrected chi connectivity index (χ3v) is 6.66. The summed E-state index contributed by atoms with van der Waals surface area (Å²) in [4.78, 5) is 45.5. The van der Waals surface area contributed by atoms with E-state index in [0.29, 0.717) is 29.9 Å². The Morgan fingerprint density at radius 1 is 0.976 bits per heavy atom. The fourth-order valence-electron chi connectivity index (χ4n) is 4.65. The second kappa shape index (κ2) is 11.7. The molecule has 3 aromatic carbocycles. The van der Waals surface area contributed by atoms with Gasteiger partial charge in [0, 0.05) is 12.1 Å². The van der Waals surface area contributed by atoms with Gasteiger partial charge in [0.2, 0.25) is 5.91 Å². The highest BCUT2D eigenvalue weighted by molar-refractivity contribution is 5.94. The van der Waals surface area contributed by atoms with Gasteiger partial charge in [0.1, 0.15) is 24.2 Å². The van der Waals surface area contributed by atoms with Gasteiger partial charge >= 0.3 is 12.3 Å². The predicted octanol–water partition coefficient (Wildman–Crippen LogP) is 5.73. The lowest BCUT2D eigenvalue weighted by Crippen LogP contribution is -2.39. The number of aryl methyl sites for hydroxylation is 1. The summed E-state index contributed by atoms with van der Waals surface area (Å²) in [6.07, 6.45) is -3.68. The van der Waals surface area contributed by atoms with Gasteiger partial charge in [-0.05, 0) is 41.8 Å². The molecular weight excluding hydrogens is 537 g/mol. The maximum Gasteiger partial charge on any atom is 0.416 e. The van der Waals surface area contributed by atoms with E-state index in [-0.39, 0.29) is 17.9 Å². The van der Waals surface area contributed by atoms with Crippen molar-refractivity contribution in [3.63, 3.8) is 0 Å². The first kappa shape index (κ1) is 27.6. The minimum absolute atomic E-state index is 0.124. The van der Waals surface area contributed by atoms with Crippen molar-refractivity contribution >= 4 is 23.4 Å². The Bertz CT molecular complexity index is 1610. The molecule has 4 aromatic rings. The first-order valence-corrected chi connectivity index (χ1v) is 12.8. The summed E-state index contributed by atoms with van der Waals surface area (Å²) >= 11 is 0. The smallest absolute Gasteiger partial charge is 0.416 e. The molecule has 0 radical (unpaired) electrons. The number of hydrogen-bond donors (Lipinski definition) is 1. The zero-order chi connectivity index (χ0) is 29.0. The molecule has 0 aliphatic carbocycles. The number of halogens is 3. The summed E-state index contributed by atoms with van der Waals surface area (Å²) in [5.41, 5.74) is -0.429. The Hall–Kier alpha value is -4.93. The number of anilines is 2. The minimum atomic E-state index is -4.59. The van der Waals surface area contributed by atoms with Gasteiger partial charge in [-0.3, -0.25) is 19.1 Å².